The standard InChI is InChI=1S/C20H26N4O2/c1-13-10-14(2)12-16(11-13)18(25)24(20(4,5)6)23-19(26)22-17-8-7-9-21-15(17)3/h7-12H,1-6H3,(H2,22,23,26). The summed E-state index contributed by atoms with van der Waals surface area (Å²) < 4.78 is 0. The van der Waals surface area contributed by atoms with E-state index in [0.717, 1.165) is 11.1 Å². The molecule has 1 heterocycles. The minimum atomic E-state index is -0.601. The molecule has 0 atom stereocenters. The number of rotatable bonds is 2. The number of carbonyl (C=O) groups is 2. The summed E-state index contributed by atoms with van der Waals surface area (Å²) in [6.45, 7) is 11.3. The Hall–Kier alpha value is -2.89. The Morgan fingerprint density at radius 2 is 1.65 bits per heavy atom. The predicted molar refractivity (Wildman–Crippen MR) is 103 cm³/mol. The zero-order chi connectivity index (χ0) is 19.5. The van der Waals surface area contributed by atoms with Crippen LogP contribution >= 0.6 is 0 Å². The van der Waals surface area contributed by atoms with Crippen molar-refractivity contribution in [2.75, 3.05) is 5.32 Å². The number of nitrogens with zero attached hydrogens (tertiary/aromatic N) is 2. The number of hydrogen-bond donors (Lipinski definition) is 2. The molecule has 138 valence electrons. The molecular weight excluding hydrogens is 328 g/mol. The van der Waals surface area contributed by atoms with E-state index in [-0.39, 0.29) is 5.91 Å². The molecule has 0 bridgehead atoms. The quantitative estimate of drug-likeness (QED) is 0.801. The van der Waals surface area contributed by atoms with Gasteiger partial charge in [0.25, 0.3) is 5.91 Å². The van der Waals surface area contributed by atoms with Crippen molar-refractivity contribution in [2.24, 2.45) is 0 Å². The number of hydrogen-bond acceptors (Lipinski definition) is 3. The van der Waals surface area contributed by atoms with Crippen LogP contribution in [0, 0.1) is 20.8 Å². The second-order valence-electron chi connectivity index (χ2n) is 7.39. The largest absolute Gasteiger partial charge is 0.338 e. The number of pyridine rings is 1. The van der Waals surface area contributed by atoms with Gasteiger partial charge in [-0.2, -0.15) is 0 Å². The second-order valence-corrected chi connectivity index (χ2v) is 7.39. The van der Waals surface area contributed by atoms with Crippen molar-refractivity contribution in [2.45, 2.75) is 47.1 Å². The molecule has 2 rings (SSSR count). The van der Waals surface area contributed by atoms with Gasteiger partial charge >= 0.3 is 6.03 Å². The van der Waals surface area contributed by atoms with Crippen molar-refractivity contribution in [3.63, 3.8) is 0 Å². The summed E-state index contributed by atoms with van der Waals surface area (Å²) in [7, 11) is 0. The van der Waals surface area contributed by atoms with Gasteiger partial charge in [0, 0.05) is 11.8 Å². The molecule has 26 heavy (non-hydrogen) atoms. The lowest BCUT2D eigenvalue weighted by molar-refractivity contribution is 0.0460. The Bertz CT molecular complexity index is 805. The van der Waals surface area contributed by atoms with Gasteiger partial charge in [-0.3, -0.25) is 9.78 Å². The summed E-state index contributed by atoms with van der Waals surface area (Å²) >= 11 is 0. The highest BCUT2D eigenvalue weighted by Crippen LogP contribution is 2.18. The van der Waals surface area contributed by atoms with E-state index in [0.29, 0.717) is 16.9 Å². The summed E-state index contributed by atoms with van der Waals surface area (Å²) in [6, 6.07) is 8.65. The van der Waals surface area contributed by atoms with Crippen LogP contribution in [0.3, 0.4) is 0 Å². The van der Waals surface area contributed by atoms with E-state index in [4.69, 9.17) is 0 Å². The van der Waals surface area contributed by atoms with E-state index >= 15 is 0 Å². The molecule has 3 amide bonds. The van der Waals surface area contributed by atoms with Crippen LogP contribution in [-0.2, 0) is 0 Å². The van der Waals surface area contributed by atoms with Crippen LogP contribution in [0.4, 0.5) is 10.5 Å². The van der Waals surface area contributed by atoms with Crippen molar-refractivity contribution in [1.82, 2.24) is 15.4 Å². The molecule has 6 nitrogen and oxygen atoms in total. The maximum absolute atomic E-state index is 13.0. The predicted octanol–water partition coefficient (Wildman–Crippen LogP) is 3.98. The lowest BCUT2D eigenvalue weighted by Crippen LogP contribution is -2.56. The first kappa shape index (κ1) is 19.4. The molecule has 0 fully saturated rings. The van der Waals surface area contributed by atoms with Gasteiger partial charge in [-0.15, -0.1) is 0 Å². The number of anilines is 1. The SMILES string of the molecule is Cc1cc(C)cc(C(=O)N(NC(=O)Nc2cccnc2C)C(C)(C)C)c1. The molecule has 0 saturated carbocycles. The maximum Gasteiger partial charge on any atom is 0.338 e. The van der Waals surface area contributed by atoms with Crippen molar-refractivity contribution >= 4 is 17.6 Å². The van der Waals surface area contributed by atoms with Crippen LogP contribution in [0.5, 0.6) is 0 Å². The molecule has 0 saturated heterocycles. The summed E-state index contributed by atoms with van der Waals surface area (Å²) in [6.07, 6.45) is 1.66. The average Bonchev–Trinajstić information content (AvgIpc) is 2.52. The van der Waals surface area contributed by atoms with Crippen LogP contribution in [0.25, 0.3) is 0 Å². The molecule has 0 unspecified atom stereocenters. The molecule has 0 aliphatic carbocycles. The van der Waals surface area contributed by atoms with Crippen LogP contribution in [-0.4, -0.2) is 27.5 Å². The van der Waals surface area contributed by atoms with Crippen LogP contribution < -0.4 is 10.7 Å². The van der Waals surface area contributed by atoms with Crippen molar-refractivity contribution in [1.29, 1.82) is 0 Å². The minimum absolute atomic E-state index is 0.262. The Labute approximate surface area is 154 Å². The van der Waals surface area contributed by atoms with E-state index < -0.39 is 11.6 Å². The first-order valence-electron chi connectivity index (χ1n) is 8.50. The fourth-order valence-electron chi connectivity index (χ4n) is 2.62. The number of hydrazine groups is 1. The summed E-state index contributed by atoms with van der Waals surface area (Å²) in [5.41, 5.74) is 5.90. The molecule has 0 spiro atoms. The molecule has 1 aromatic heterocycles. The van der Waals surface area contributed by atoms with E-state index in [9.17, 15) is 9.59 Å². The molecule has 2 N–H and O–H groups in total. The van der Waals surface area contributed by atoms with Crippen LogP contribution in [0.2, 0.25) is 0 Å². The third-order valence-electron chi connectivity index (χ3n) is 3.81. The molecule has 2 aromatic rings. The second kappa shape index (κ2) is 7.56. The van der Waals surface area contributed by atoms with E-state index in [1.165, 1.54) is 5.01 Å². The molecule has 1 aromatic carbocycles. The fraction of sp³-hybridized carbons (Fsp3) is 0.350. The zero-order valence-electron chi connectivity index (χ0n) is 16.2. The Morgan fingerprint density at radius 1 is 1.04 bits per heavy atom. The monoisotopic (exact) mass is 354 g/mol. The summed E-state index contributed by atoms with van der Waals surface area (Å²) in [4.78, 5) is 29.6. The number of carbonyl (C=O) groups excluding carboxylic acids is 2. The number of urea groups is 1. The van der Waals surface area contributed by atoms with Gasteiger partial charge in [0.2, 0.25) is 0 Å². The number of benzene rings is 1. The average molecular weight is 354 g/mol. The first-order chi connectivity index (χ1) is 12.1. The number of aryl methyl sites for hydroxylation is 3. The van der Waals surface area contributed by atoms with Gasteiger partial charge in [0.15, 0.2) is 0 Å². The van der Waals surface area contributed by atoms with Crippen molar-refractivity contribution in [3.05, 3.63) is 58.9 Å². The summed E-state index contributed by atoms with van der Waals surface area (Å²) in [5.74, 6) is -0.262. The number of nitrogens with one attached hydrogen (secondary N) is 2. The number of amides is 3. The molecule has 6 heteroatoms. The minimum Gasteiger partial charge on any atom is -0.305 e. The Kier molecular flexibility index (Phi) is 5.65. The Morgan fingerprint density at radius 3 is 2.19 bits per heavy atom. The van der Waals surface area contributed by atoms with Gasteiger partial charge < -0.3 is 5.32 Å². The van der Waals surface area contributed by atoms with E-state index in [1.807, 2.05) is 52.8 Å². The molecule has 0 aliphatic rings. The molecule has 0 radical (unpaired) electrons. The fourth-order valence-corrected chi connectivity index (χ4v) is 2.62. The van der Waals surface area contributed by atoms with Gasteiger partial charge in [-0.05, 0) is 65.8 Å². The van der Waals surface area contributed by atoms with Gasteiger partial charge in [0.05, 0.1) is 16.9 Å². The number of aromatic nitrogens is 1. The lowest BCUT2D eigenvalue weighted by Gasteiger charge is -2.35. The third kappa shape index (κ3) is 4.81. The van der Waals surface area contributed by atoms with Crippen LogP contribution in [0.1, 0.15) is 48.0 Å². The van der Waals surface area contributed by atoms with Crippen molar-refractivity contribution in [3.8, 4) is 0 Å². The first-order valence-corrected chi connectivity index (χ1v) is 8.50. The smallest absolute Gasteiger partial charge is 0.305 e. The van der Waals surface area contributed by atoms with E-state index in [2.05, 4.69) is 15.7 Å². The van der Waals surface area contributed by atoms with Crippen molar-refractivity contribution < 1.29 is 9.59 Å². The molecule has 0 aliphatic heterocycles. The highest BCUT2D eigenvalue weighted by molar-refractivity contribution is 5.98. The Balaban J connectivity index is 2.23. The zero-order valence-corrected chi connectivity index (χ0v) is 16.2. The van der Waals surface area contributed by atoms with E-state index in [1.54, 1.807) is 25.3 Å². The van der Waals surface area contributed by atoms with Crippen LogP contribution in [0.15, 0.2) is 36.5 Å². The highest BCUT2D eigenvalue weighted by atomic mass is 16.2. The topological polar surface area (TPSA) is 74.3 Å². The van der Waals surface area contributed by atoms with Gasteiger partial charge in [-0.25, -0.2) is 15.2 Å². The lowest BCUT2D eigenvalue weighted by atomic mass is 10.0. The summed E-state index contributed by atoms with van der Waals surface area (Å²) in [5, 5.41) is 4.08. The highest BCUT2D eigenvalue weighted by Gasteiger charge is 2.29. The third-order valence-corrected chi connectivity index (χ3v) is 3.81. The normalized spacial score (nSPS) is 11.0. The van der Waals surface area contributed by atoms with Gasteiger partial charge in [-0.1, -0.05) is 17.2 Å². The van der Waals surface area contributed by atoms with Gasteiger partial charge in [0.1, 0.15) is 0 Å². The maximum atomic E-state index is 13.0. The molecular formula is C20H26N4O2.